The predicted molar refractivity (Wildman–Crippen MR) is 124 cm³/mol. The molecular formula is C24H23N3O4S. The van der Waals surface area contributed by atoms with Crippen LogP contribution in [-0.2, 0) is 32.8 Å². The maximum atomic E-state index is 12.5. The smallest absolute Gasteiger partial charge is 0.313 e. The predicted octanol–water partition coefficient (Wildman–Crippen LogP) is 2.70. The first-order valence-corrected chi connectivity index (χ1v) is 11.4. The van der Waals surface area contributed by atoms with Gasteiger partial charge in [0.2, 0.25) is 5.91 Å². The van der Waals surface area contributed by atoms with Gasteiger partial charge >= 0.3 is 11.8 Å². The number of aliphatic hydroxyl groups is 1. The Morgan fingerprint density at radius 1 is 1.09 bits per heavy atom. The summed E-state index contributed by atoms with van der Waals surface area (Å²) in [7, 11) is 0. The van der Waals surface area contributed by atoms with E-state index in [0.717, 1.165) is 38.2 Å². The minimum atomic E-state index is -1.30. The van der Waals surface area contributed by atoms with Crippen molar-refractivity contribution in [3.8, 4) is 0 Å². The average molecular weight is 450 g/mol. The third kappa shape index (κ3) is 3.65. The van der Waals surface area contributed by atoms with E-state index in [4.69, 9.17) is 0 Å². The minimum absolute atomic E-state index is 0.0847. The molecule has 0 aliphatic carbocycles. The summed E-state index contributed by atoms with van der Waals surface area (Å²) in [5, 5.41) is 17.1. The number of rotatable bonds is 4. The standard InChI is InChI=1S/C24H23N3O4S/c1-24(31,19-12-14-4-2-3-5-18(14)32-19)13-25-22(29)23(30)26-17-10-15-6-7-20(28)27-9-8-16(11-17)21(15)27/h2-5,10-12,31H,6-9,13H2,1H3,(H,25,29)(H,26,30). The van der Waals surface area contributed by atoms with Crippen molar-refractivity contribution in [2.75, 3.05) is 23.3 Å². The van der Waals surface area contributed by atoms with E-state index >= 15 is 0 Å². The largest absolute Gasteiger partial charge is 0.383 e. The molecule has 3 N–H and O–H groups in total. The van der Waals surface area contributed by atoms with Gasteiger partial charge in [-0.15, -0.1) is 11.3 Å². The Morgan fingerprint density at radius 2 is 1.84 bits per heavy atom. The summed E-state index contributed by atoms with van der Waals surface area (Å²) in [5.74, 6) is -1.46. The lowest BCUT2D eigenvalue weighted by atomic mass is 9.98. The molecule has 0 radical (unpaired) electrons. The molecule has 1 unspecified atom stereocenters. The molecule has 3 heterocycles. The van der Waals surface area contributed by atoms with Gasteiger partial charge in [-0.3, -0.25) is 14.4 Å². The topological polar surface area (TPSA) is 98.7 Å². The zero-order valence-corrected chi connectivity index (χ0v) is 18.4. The van der Waals surface area contributed by atoms with Crippen LogP contribution in [0.25, 0.3) is 10.1 Å². The number of carbonyl (C=O) groups excluding carboxylic acids is 3. The van der Waals surface area contributed by atoms with Crippen molar-refractivity contribution in [1.82, 2.24) is 5.32 Å². The fourth-order valence-corrected chi connectivity index (χ4v) is 5.49. The van der Waals surface area contributed by atoms with Crippen LogP contribution in [0.2, 0.25) is 0 Å². The molecule has 3 amide bonds. The summed E-state index contributed by atoms with van der Waals surface area (Å²) in [6.45, 7) is 2.19. The van der Waals surface area contributed by atoms with Crippen LogP contribution in [0.3, 0.4) is 0 Å². The van der Waals surface area contributed by atoms with Crippen LogP contribution in [0.15, 0.2) is 42.5 Å². The van der Waals surface area contributed by atoms with Crippen molar-refractivity contribution in [1.29, 1.82) is 0 Å². The van der Waals surface area contributed by atoms with Crippen molar-refractivity contribution < 1.29 is 19.5 Å². The molecule has 0 fully saturated rings. The second-order valence-electron chi connectivity index (χ2n) is 8.50. The van der Waals surface area contributed by atoms with Gasteiger partial charge in [-0.25, -0.2) is 0 Å². The van der Waals surface area contributed by atoms with Gasteiger partial charge in [-0.05, 0) is 60.5 Å². The lowest BCUT2D eigenvalue weighted by Crippen LogP contribution is -2.43. The fraction of sp³-hybridized carbons (Fsp3) is 0.292. The number of fused-ring (bicyclic) bond motifs is 1. The van der Waals surface area contributed by atoms with Crippen molar-refractivity contribution >= 4 is 50.5 Å². The summed E-state index contributed by atoms with van der Waals surface area (Å²) in [6.07, 6.45) is 1.82. The SMILES string of the molecule is CC(O)(CNC(=O)C(=O)Nc1cc2c3c(c1)CCN3C(=O)CC2)c1cc2ccccc2s1. The molecule has 0 saturated carbocycles. The Kier molecular flexibility index (Phi) is 4.98. The molecule has 2 aromatic carbocycles. The van der Waals surface area contributed by atoms with Gasteiger partial charge in [-0.2, -0.15) is 0 Å². The zero-order valence-electron chi connectivity index (χ0n) is 17.6. The van der Waals surface area contributed by atoms with E-state index in [9.17, 15) is 19.5 Å². The molecule has 2 aliphatic heterocycles. The molecular weight excluding hydrogens is 426 g/mol. The maximum absolute atomic E-state index is 12.5. The van der Waals surface area contributed by atoms with Crippen molar-refractivity contribution in [3.63, 3.8) is 0 Å². The Labute approximate surface area is 189 Å². The van der Waals surface area contributed by atoms with Gasteiger partial charge in [0.05, 0.1) is 12.2 Å². The van der Waals surface area contributed by atoms with Crippen LogP contribution in [0, 0.1) is 0 Å². The zero-order chi connectivity index (χ0) is 22.5. The average Bonchev–Trinajstić information content (AvgIpc) is 3.40. The van der Waals surface area contributed by atoms with E-state index in [1.54, 1.807) is 6.92 Å². The molecule has 0 spiro atoms. The highest BCUT2D eigenvalue weighted by Crippen LogP contribution is 2.38. The fourth-order valence-electron chi connectivity index (χ4n) is 4.38. The van der Waals surface area contributed by atoms with Crippen LogP contribution in [-0.4, -0.2) is 35.9 Å². The highest BCUT2D eigenvalue weighted by molar-refractivity contribution is 7.19. The van der Waals surface area contributed by atoms with E-state index in [-0.39, 0.29) is 12.5 Å². The summed E-state index contributed by atoms with van der Waals surface area (Å²) in [4.78, 5) is 39.5. The van der Waals surface area contributed by atoms with E-state index < -0.39 is 17.4 Å². The molecule has 5 rings (SSSR count). The number of benzene rings is 2. The summed E-state index contributed by atoms with van der Waals surface area (Å²) >= 11 is 1.46. The number of amides is 3. The molecule has 8 heteroatoms. The maximum Gasteiger partial charge on any atom is 0.313 e. The molecule has 1 atom stereocenters. The van der Waals surface area contributed by atoms with Crippen molar-refractivity contribution in [2.24, 2.45) is 0 Å². The number of aryl methyl sites for hydroxylation is 1. The number of hydrogen-bond donors (Lipinski definition) is 3. The number of thiophene rings is 1. The molecule has 32 heavy (non-hydrogen) atoms. The van der Waals surface area contributed by atoms with Crippen LogP contribution in [0.5, 0.6) is 0 Å². The molecule has 3 aromatic rings. The van der Waals surface area contributed by atoms with Gasteiger partial charge in [0.25, 0.3) is 0 Å². The lowest BCUT2D eigenvalue weighted by molar-refractivity contribution is -0.136. The van der Waals surface area contributed by atoms with Crippen molar-refractivity contribution in [3.05, 3.63) is 58.5 Å². The quantitative estimate of drug-likeness (QED) is 0.534. The third-order valence-corrected chi connectivity index (χ3v) is 7.43. The summed E-state index contributed by atoms with van der Waals surface area (Å²) < 4.78 is 1.05. The van der Waals surface area contributed by atoms with E-state index in [0.29, 0.717) is 25.1 Å². The van der Waals surface area contributed by atoms with Crippen LogP contribution in [0.4, 0.5) is 11.4 Å². The molecule has 1 aromatic heterocycles. The van der Waals surface area contributed by atoms with Gasteiger partial charge < -0.3 is 20.6 Å². The van der Waals surface area contributed by atoms with Crippen LogP contribution in [0.1, 0.15) is 29.3 Å². The van der Waals surface area contributed by atoms with Gasteiger partial charge in [0.15, 0.2) is 0 Å². The Bertz CT molecular complexity index is 1230. The highest BCUT2D eigenvalue weighted by atomic mass is 32.1. The van der Waals surface area contributed by atoms with E-state index in [2.05, 4.69) is 10.6 Å². The first-order chi connectivity index (χ1) is 15.3. The highest BCUT2D eigenvalue weighted by Gasteiger charge is 2.32. The van der Waals surface area contributed by atoms with Crippen molar-refractivity contribution in [2.45, 2.75) is 31.8 Å². The molecule has 164 valence electrons. The molecule has 0 saturated heterocycles. The molecule has 0 bridgehead atoms. The number of nitrogens with zero attached hydrogens (tertiary/aromatic N) is 1. The van der Waals surface area contributed by atoms with Crippen LogP contribution >= 0.6 is 11.3 Å². The second kappa shape index (κ2) is 7.72. The Balaban J connectivity index is 1.25. The normalized spacial score (nSPS) is 16.6. The van der Waals surface area contributed by atoms with Crippen LogP contribution < -0.4 is 15.5 Å². The monoisotopic (exact) mass is 449 g/mol. The number of anilines is 2. The summed E-state index contributed by atoms with van der Waals surface area (Å²) in [6, 6.07) is 13.4. The third-order valence-electron chi connectivity index (χ3n) is 6.07. The van der Waals surface area contributed by atoms with E-state index in [1.807, 2.05) is 47.4 Å². The van der Waals surface area contributed by atoms with E-state index in [1.165, 1.54) is 11.3 Å². The van der Waals surface area contributed by atoms with Gasteiger partial charge in [0, 0.05) is 28.2 Å². The minimum Gasteiger partial charge on any atom is -0.383 e. The lowest BCUT2D eigenvalue weighted by Gasteiger charge is -2.26. The first kappa shape index (κ1) is 20.7. The molecule has 2 aliphatic rings. The number of nitrogens with one attached hydrogen (secondary N) is 2. The summed E-state index contributed by atoms with van der Waals surface area (Å²) in [5.41, 5.74) is 2.24. The Morgan fingerprint density at radius 3 is 2.62 bits per heavy atom. The number of carbonyl (C=O) groups is 3. The van der Waals surface area contributed by atoms with Gasteiger partial charge in [-0.1, -0.05) is 18.2 Å². The number of hydrogen-bond acceptors (Lipinski definition) is 5. The Hall–Kier alpha value is -3.23. The molecule has 7 nitrogen and oxygen atoms in total. The second-order valence-corrected chi connectivity index (χ2v) is 9.58. The van der Waals surface area contributed by atoms with Gasteiger partial charge in [0.1, 0.15) is 5.60 Å². The first-order valence-electron chi connectivity index (χ1n) is 10.6.